The molecule has 1 saturated heterocycles. The molecule has 11 heteroatoms. The Morgan fingerprint density at radius 2 is 2.06 bits per heavy atom. The van der Waals surface area contributed by atoms with Crippen molar-refractivity contribution in [2.75, 3.05) is 11.4 Å². The zero-order chi connectivity index (χ0) is 21.8. The summed E-state index contributed by atoms with van der Waals surface area (Å²) in [5.41, 5.74) is -1.65. The van der Waals surface area contributed by atoms with E-state index in [0.29, 0.717) is 11.3 Å². The van der Waals surface area contributed by atoms with Crippen LogP contribution in [0.1, 0.15) is 29.9 Å². The van der Waals surface area contributed by atoms with Gasteiger partial charge in [0.1, 0.15) is 12.0 Å². The summed E-state index contributed by atoms with van der Waals surface area (Å²) in [5.74, 6) is 5.94. The topological polar surface area (TPSA) is 72.6 Å². The van der Waals surface area contributed by atoms with Crippen molar-refractivity contribution in [3.05, 3.63) is 47.9 Å². The third kappa shape index (κ3) is 3.19. The Hall–Kier alpha value is -3.55. The number of pyridine rings is 1. The van der Waals surface area contributed by atoms with E-state index in [-0.39, 0.29) is 36.5 Å². The summed E-state index contributed by atoms with van der Waals surface area (Å²) in [6.07, 6.45) is -0.367. The number of anilines is 1. The Labute approximate surface area is 174 Å². The zero-order valence-corrected chi connectivity index (χ0v) is 16.2. The molecule has 158 valence electrons. The molecule has 0 bridgehead atoms. The molecule has 1 fully saturated rings. The Kier molecular flexibility index (Phi) is 4.22. The maximum atomic E-state index is 15.8. The highest BCUT2D eigenvalue weighted by molar-refractivity contribution is 5.82. The highest BCUT2D eigenvalue weighted by atomic mass is 19.4. The van der Waals surface area contributed by atoms with Crippen molar-refractivity contribution in [3.63, 3.8) is 0 Å². The number of hydrogen-bond donors (Lipinski definition) is 0. The highest BCUT2D eigenvalue weighted by Crippen LogP contribution is 2.45. The second-order valence-corrected chi connectivity index (χ2v) is 7.54. The number of aryl methyl sites for hydroxylation is 1. The smallest absolute Gasteiger partial charge is 0.355 e. The van der Waals surface area contributed by atoms with Crippen LogP contribution in [0.15, 0.2) is 30.9 Å². The summed E-state index contributed by atoms with van der Waals surface area (Å²) < 4.78 is 57.7. The van der Waals surface area contributed by atoms with Crippen LogP contribution in [0.4, 0.5) is 23.2 Å². The number of nitrogens with zero attached hydrogens (tertiary/aromatic N) is 7. The van der Waals surface area contributed by atoms with Gasteiger partial charge in [-0.1, -0.05) is 11.8 Å². The minimum Gasteiger partial charge on any atom is -0.355 e. The van der Waals surface area contributed by atoms with Crippen molar-refractivity contribution in [3.8, 4) is 23.1 Å². The minimum atomic E-state index is -4.63. The molecule has 2 aliphatic heterocycles. The van der Waals surface area contributed by atoms with E-state index in [1.165, 1.54) is 29.4 Å². The van der Waals surface area contributed by atoms with Gasteiger partial charge in [0, 0.05) is 32.0 Å². The first-order valence-corrected chi connectivity index (χ1v) is 9.47. The fourth-order valence-corrected chi connectivity index (χ4v) is 4.12. The summed E-state index contributed by atoms with van der Waals surface area (Å²) in [6.45, 7) is 0.230. The van der Waals surface area contributed by atoms with Crippen LogP contribution in [0.2, 0.25) is 0 Å². The average Bonchev–Trinajstić information content (AvgIpc) is 3.19. The molecule has 31 heavy (non-hydrogen) atoms. The molecule has 0 unspecified atom stereocenters. The third-order valence-electron chi connectivity index (χ3n) is 5.56. The molecule has 0 radical (unpaired) electrons. The molecule has 3 aromatic heterocycles. The van der Waals surface area contributed by atoms with Gasteiger partial charge in [0.25, 0.3) is 0 Å². The molecule has 0 amide bonds. The van der Waals surface area contributed by atoms with Gasteiger partial charge in [-0.05, 0) is 12.1 Å². The molecule has 2 aliphatic rings. The second kappa shape index (κ2) is 6.73. The molecule has 0 N–H and O–H groups in total. The molecule has 2 atom stereocenters. The summed E-state index contributed by atoms with van der Waals surface area (Å²) in [5, 5.41) is 15.1. The lowest BCUT2D eigenvalue weighted by Gasteiger charge is -2.43. The number of alkyl halides is 4. The van der Waals surface area contributed by atoms with Crippen LogP contribution < -0.4 is 4.90 Å². The normalized spacial score (nSPS) is 22.4. The SMILES string of the molecule is Cn1cnnc1[C@]1(F)CCN2c3c(cc(C(F)(F)F)nc3-c3ccnnc3)C#C[C@@H]2C1. The third-order valence-corrected chi connectivity index (χ3v) is 5.56. The molecular formula is C20H15F4N7. The highest BCUT2D eigenvalue weighted by Gasteiger charge is 2.46. The Bertz CT molecular complexity index is 1210. The van der Waals surface area contributed by atoms with E-state index in [0.717, 1.165) is 6.07 Å². The van der Waals surface area contributed by atoms with E-state index in [1.54, 1.807) is 7.05 Å². The Morgan fingerprint density at radius 1 is 1.23 bits per heavy atom. The van der Waals surface area contributed by atoms with Gasteiger partial charge in [0.05, 0.1) is 35.4 Å². The number of rotatable bonds is 2. The van der Waals surface area contributed by atoms with Crippen molar-refractivity contribution >= 4 is 5.69 Å². The van der Waals surface area contributed by atoms with E-state index in [2.05, 4.69) is 37.2 Å². The number of halogens is 4. The quantitative estimate of drug-likeness (QED) is 0.461. The van der Waals surface area contributed by atoms with Crippen molar-refractivity contribution in [2.24, 2.45) is 7.05 Å². The average molecular weight is 429 g/mol. The lowest BCUT2D eigenvalue weighted by Crippen LogP contribution is -2.49. The van der Waals surface area contributed by atoms with Gasteiger partial charge in [-0.25, -0.2) is 9.37 Å². The van der Waals surface area contributed by atoms with E-state index < -0.39 is 23.6 Å². The molecule has 7 nitrogen and oxygen atoms in total. The van der Waals surface area contributed by atoms with E-state index in [9.17, 15) is 13.2 Å². The zero-order valence-electron chi connectivity index (χ0n) is 16.2. The standard InChI is InChI=1S/C20H15F4N7/c1-30-11-27-29-18(30)19(21)5-7-31-14(9-19)3-2-12-8-15(20(22,23)24)28-16(17(12)31)13-4-6-25-26-10-13/h4,6,8,10-11,14H,5,7,9H2,1H3/t14-,19+/m1/s1. The van der Waals surface area contributed by atoms with Crippen LogP contribution in [0.5, 0.6) is 0 Å². The van der Waals surface area contributed by atoms with Crippen LogP contribution in [-0.4, -0.2) is 42.5 Å². The molecule has 3 aromatic rings. The molecule has 0 aliphatic carbocycles. The number of aromatic nitrogens is 6. The maximum absolute atomic E-state index is 15.8. The first kappa shape index (κ1) is 19.4. The van der Waals surface area contributed by atoms with E-state index in [4.69, 9.17) is 0 Å². The molecule has 0 aromatic carbocycles. The predicted molar refractivity (Wildman–Crippen MR) is 101 cm³/mol. The second-order valence-electron chi connectivity index (χ2n) is 7.54. The van der Waals surface area contributed by atoms with Gasteiger partial charge >= 0.3 is 6.18 Å². The fraction of sp³-hybridized carbons (Fsp3) is 0.350. The van der Waals surface area contributed by atoms with Gasteiger partial charge in [0.2, 0.25) is 0 Å². The van der Waals surface area contributed by atoms with Crippen LogP contribution in [0.3, 0.4) is 0 Å². The van der Waals surface area contributed by atoms with Crippen molar-refractivity contribution in [1.82, 2.24) is 29.9 Å². The Balaban J connectivity index is 1.62. The van der Waals surface area contributed by atoms with E-state index >= 15 is 4.39 Å². The van der Waals surface area contributed by atoms with Crippen molar-refractivity contribution in [1.29, 1.82) is 0 Å². The van der Waals surface area contributed by atoms with Crippen molar-refractivity contribution < 1.29 is 17.6 Å². The molecule has 0 saturated carbocycles. The van der Waals surface area contributed by atoms with Gasteiger partial charge in [-0.2, -0.15) is 23.4 Å². The summed E-state index contributed by atoms with van der Waals surface area (Å²) >= 11 is 0. The first-order chi connectivity index (χ1) is 14.8. The van der Waals surface area contributed by atoms with Crippen LogP contribution in [0.25, 0.3) is 11.3 Å². The number of piperidine rings is 1. The van der Waals surface area contributed by atoms with Gasteiger partial charge < -0.3 is 9.47 Å². The fourth-order valence-electron chi connectivity index (χ4n) is 4.12. The largest absolute Gasteiger partial charge is 0.433 e. The summed E-state index contributed by atoms with van der Waals surface area (Å²) in [7, 11) is 1.67. The summed E-state index contributed by atoms with van der Waals surface area (Å²) in [6, 6.07) is 1.93. The lowest BCUT2D eigenvalue weighted by atomic mass is 9.84. The molecule has 5 rings (SSSR count). The number of fused-ring (bicyclic) bond motifs is 3. The molecule has 0 spiro atoms. The van der Waals surface area contributed by atoms with E-state index in [1.807, 2.05) is 4.90 Å². The van der Waals surface area contributed by atoms with Crippen molar-refractivity contribution in [2.45, 2.75) is 30.7 Å². The Morgan fingerprint density at radius 3 is 2.74 bits per heavy atom. The monoisotopic (exact) mass is 429 g/mol. The maximum Gasteiger partial charge on any atom is 0.433 e. The minimum absolute atomic E-state index is 0.0149. The van der Waals surface area contributed by atoms with Crippen LogP contribution in [-0.2, 0) is 18.9 Å². The lowest BCUT2D eigenvalue weighted by molar-refractivity contribution is -0.141. The predicted octanol–water partition coefficient (Wildman–Crippen LogP) is 2.88. The first-order valence-electron chi connectivity index (χ1n) is 9.47. The molecular weight excluding hydrogens is 414 g/mol. The van der Waals surface area contributed by atoms with Gasteiger partial charge in [-0.15, -0.1) is 10.2 Å². The van der Waals surface area contributed by atoms with Crippen LogP contribution in [0, 0.1) is 11.8 Å². The number of hydrogen-bond acceptors (Lipinski definition) is 6. The van der Waals surface area contributed by atoms with Crippen LogP contribution >= 0.6 is 0 Å². The molecule has 5 heterocycles. The van der Waals surface area contributed by atoms with Gasteiger partial charge in [0.15, 0.2) is 11.5 Å². The van der Waals surface area contributed by atoms with Gasteiger partial charge in [-0.3, -0.25) is 0 Å². The summed E-state index contributed by atoms with van der Waals surface area (Å²) in [4.78, 5) is 5.72.